The summed E-state index contributed by atoms with van der Waals surface area (Å²) in [6.45, 7) is 2.20. The van der Waals surface area contributed by atoms with Gasteiger partial charge in [0.1, 0.15) is 0 Å². The van der Waals surface area contributed by atoms with E-state index >= 15 is 0 Å². The van der Waals surface area contributed by atoms with Crippen LogP contribution in [0.3, 0.4) is 0 Å². The van der Waals surface area contributed by atoms with Gasteiger partial charge in [0.25, 0.3) is 0 Å². The van der Waals surface area contributed by atoms with Crippen LogP contribution in [0.15, 0.2) is 0 Å². The van der Waals surface area contributed by atoms with Crippen molar-refractivity contribution in [3.63, 3.8) is 0 Å². The summed E-state index contributed by atoms with van der Waals surface area (Å²) < 4.78 is 0. The van der Waals surface area contributed by atoms with Crippen LogP contribution in [0.2, 0.25) is 0 Å². The Kier molecular flexibility index (Phi) is 13.1. The van der Waals surface area contributed by atoms with Crippen LogP contribution in [0, 0.1) is 5.92 Å². The van der Waals surface area contributed by atoms with E-state index in [9.17, 15) is 9.59 Å². The summed E-state index contributed by atoms with van der Waals surface area (Å²) in [5, 5.41) is 17.0. The Morgan fingerprint density at radius 1 is 0.952 bits per heavy atom. The van der Waals surface area contributed by atoms with E-state index in [1.54, 1.807) is 0 Å². The molecular formula is C16H30O5. The maximum absolute atomic E-state index is 11.1. The highest BCUT2D eigenvalue weighted by Gasteiger charge is 2.16. The molecule has 0 spiro atoms. The molecule has 1 atom stereocenters. The van der Waals surface area contributed by atoms with Crippen molar-refractivity contribution >= 4 is 11.9 Å². The van der Waals surface area contributed by atoms with Gasteiger partial charge in [0.15, 0.2) is 0 Å². The molecule has 0 bridgehead atoms. The Morgan fingerprint density at radius 3 is 2.05 bits per heavy atom. The number of carboxylic acids is 1. The van der Waals surface area contributed by atoms with Crippen LogP contribution in [0.4, 0.5) is 0 Å². The minimum Gasteiger partial charge on any atom is -0.481 e. The molecule has 21 heavy (non-hydrogen) atoms. The molecule has 0 aromatic heterocycles. The third-order valence-corrected chi connectivity index (χ3v) is 3.79. The van der Waals surface area contributed by atoms with Crippen LogP contribution in [-0.2, 0) is 14.5 Å². The molecule has 2 N–H and O–H groups in total. The summed E-state index contributed by atoms with van der Waals surface area (Å²) in [7, 11) is 0. The Hall–Kier alpha value is -1.10. The van der Waals surface area contributed by atoms with Crippen molar-refractivity contribution in [3.05, 3.63) is 0 Å². The van der Waals surface area contributed by atoms with Crippen LogP contribution in [0.25, 0.3) is 0 Å². The van der Waals surface area contributed by atoms with E-state index in [0.717, 1.165) is 19.3 Å². The molecule has 0 aliphatic rings. The smallest absolute Gasteiger partial charge is 0.342 e. The van der Waals surface area contributed by atoms with Gasteiger partial charge in [-0.05, 0) is 18.8 Å². The summed E-state index contributed by atoms with van der Waals surface area (Å²) >= 11 is 0. The van der Waals surface area contributed by atoms with Gasteiger partial charge in [-0.2, -0.15) is 5.26 Å². The number of carbonyl (C=O) groups is 2. The molecule has 124 valence electrons. The lowest BCUT2D eigenvalue weighted by atomic mass is 9.92. The monoisotopic (exact) mass is 302 g/mol. The van der Waals surface area contributed by atoms with Gasteiger partial charge in [0, 0.05) is 6.42 Å². The summed E-state index contributed by atoms with van der Waals surface area (Å²) in [5.74, 6) is -1.54. The van der Waals surface area contributed by atoms with Crippen molar-refractivity contribution in [2.45, 2.75) is 84.0 Å². The van der Waals surface area contributed by atoms with Crippen molar-refractivity contribution in [1.29, 1.82) is 0 Å². The number of carboxylic acid groups (broad SMARTS) is 1. The molecule has 0 fully saturated rings. The molecule has 0 saturated heterocycles. The SMILES string of the molecule is CCCCCCCCCCC(CCC(=O)O)CC(=O)OO. The van der Waals surface area contributed by atoms with E-state index in [1.807, 2.05) is 0 Å². The number of rotatable bonds is 14. The molecule has 0 heterocycles. The summed E-state index contributed by atoms with van der Waals surface area (Å²) in [6.07, 6.45) is 11.1. The van der Waals surface area contributed by atoms with Crippen LogP contribution >= 0.6 is 0 Å². The normalized spacial score (nSPS) is 12.1. The zero-order valence-electron chi connectivity index (χ0n) is 13.2. The molecule has 1 unspecified atom stereocenters. The highest BCUT2D eigenvalue weighted by atomic mass is 17.1. The first kappa shape index (κ1) is 19.9. The van der Waals surface area contributed by atoms with Gasteiger partial charge in [0.2, 0.25) is 0 Å². The van der Waals surface area contributed by atoms with Gasteiger partial charge < -0.3 is 9.99 Å². The minimum atomic E-state index is -0.853. The molecule has 5 heteroatoms. The fourth-order valence-corrected chi connectivity index (χ4v) is 2.52. The number of hydrogen-bond donors (Lipinski definition) is 2. The second kappa shape index (κ2) is 13.9. The van der Waals surface area contributed by atoms with Crippen LogP contribution in [0.1, 0.15) is 84.0 Å². The van der Waals surface area contributed by atoms with Crippen LogP contribution < -0.4 is 0 Å². The minimum absolute atomic E-state index is 0.0131. The first-order valence-corrected chi connectivity index (χ1v) is 8.16. The van der Waals surface area contributed by atoms with Crippen molar-refractivity contribution < 1.29 is 24.8 Å². The largest absolute Gasteiger partial charge is 0.481 e. The third kappa shape index (κ3) is 13.6. The van der Waals surface area contributed by atoms with E-state index in [4.69, 9.17) is 10.4 Å². The molecule has 5 nitrogen and oxygen atoms in total. The maximum Gasteiger partial charge on any atom is 0.342 e. The third-order valence-electron chi connectivity index (χ3n) is 3.79. The quantitative estimate of drug-likeness (QED) is 0.282. The van der Waals surface area contributed by atoms with Gasteiger partial charge in [-0.1, -0.05) is 58.3 Å². The maximum atomic E-state index is 11.1. The Labute approximate surface area is 127 Å². The van der Waals surface area contributed by atoms with Gasteiger partial charge in [-0.3, -0.25) is 4.79 Å². The van der Waals surface area contributed by atoms with Gasteiger partial charge >= 0.3 is 11.9 Å². The van der Waals surface area contributed by atoms with Crippen molar-refractivity contribution in [2.24, 2.45) is 5.92 Å². The van der Waals surface area contributed by atoms with Crippen molar-refractivity contribution in [3.8, 4) is 0 Å². The van der Waals surface area contributed by atoms with E-state index in [2.05, 4.69) is 11.8 Å². The van der Waals surface area contributed by atoms with Crippen molar-refractivity contribution in [2.75, 3.05) is 0 Å². The summed E-state index contributed by atoms with van der Waals surface area (Å²) in [4.78, 5) is 25.4. The average molecular weight is 302 g/mol. The van der Waals surface area contributed by atoms with E-state index in [1.165, 1.54) is 38.5 Å². The Morgan fingerprint density at radius 2 is 1.52 bits per heavy atom. The van der Waals surface area contributed by atoms with Gasteiger partial charge in [0.05, 0.1) is 6.42 Å². The Balaban J connectivity index is 3.74. The molecule has 0 amide bonds. The molecule has 0 aliphatic carbocycles. The number of unbranched alkanes of at least 4 members (excludes halogenated alkanes) is 7. The van der Waals surface area contributed by atoms with E-state index in [-0.39, 0.29) is 18.8 Å². The number of hydrogen-bond acceptors (Lipinski definition) is 4. The predicted molar refractivity (Wildman–Crippen MR) is 80.9 cm³/mol. The molecule has 0 saturated carbocycles. The average Bonchev–Trinajstić information content (AvgIpc) is 2.46. The molecule has 0 aliphatic heterocycles. The second-order valence-corrected chi connectivity index (χ2v) is 5.73. The summed E-state index contributed by atoms with van der Waals surface area (Å²) in [6, 6.07) is 0. The first-order chi connectivity index (χ1) is 10.1. The second-order valence-electron chi connectivity index (χ2n) is 5.73. The number of carbonyl (C=O) groups excluding carboxylic acids is 1. The molecular weight excluding hydrogens is 272 g/mol. The molecule has 0 radical (unpaired) electrons. The van der Waals surface area contributed by atoms with Crippen LogP contribution in [0.5, 0.6) is 0 Å². The highest BCUT2D eigenvalue weighted by Crippen LogP contribution is 2.21. The summed E-state index contributed by atoms with van der Waals surface area (Å²) in [5.41, 5.74) is 0. The Bertz CT molecular complexity index is 278. The van der Waals surface area contributed by atoms with Crippen molar-refractivity contribution in [1.82, 2.24) is 0 Å². The lowest BCUT2D eigenvalue weighted by molar-refractivity contribution is -0.235. The van der Waals surface area contributed by atoms with E-state index in [0.29, 0.717) is 6.42 Å². The molecule has 0 aromatic rings. The lowest BCUT2D eigenvalue weighted by Crippen LogP contribution is -2.12. The first-order valence-electron chi connectivity index (χ1n) is 8.16. The number of aliphatic carboxylic acids is 1. The van der Waals surface area contributed by atoms with Gasteiger partial charge in [-0.15, -0.1) is 0 Å². The zero-order valence-corrected chi connectivity index (χ0v) is 13.2. The topological polar surface area (TPSA) is 83.8 Å². The predicted octanol–water partition coefficient (Wildman–Crippen LogP) is 4.40. The zero-order chi connectivity index (χ0) is 15.9. The fourth-order valence-electron chi connectivity index (χ4n) is 2.52. The standard InChI is InChI=1S/C16H30O5/c1-2-3-4-5-6-7-8-9-10-14(11-12-15(17)18)13-16(19)21-20/h14,20H,2-13H2,1H3,(H,17,18). The van der Waals surface area contributed by atoms with Crippen LogP contribution in [-0.4, -0.2) is 22.3 Å². The van der Waals surface area contributed by atoms with Gasteiger partial charge in [-0.25, -0.2) is 4.79 Å². The highest BCUT2D eigenvalue weighted by molar-refractivity contribution is 5.69. The lowest BCUT2D eigenvalue weighted by Gasteiger charge is -2.13. The molecule has 0 aromatic carbocycles. The molecule has 0 rings (SSSR count). The van der Waals surface area contributed by atoms with E-state index < -0.39 is 11.9 Å². The fraction of sp³-hybridized carbons (Fsp3) is 0.875.